The summed E-state index contributed by atoms with van der Waals surface area (Å²) in [6.07, 6.45) is 3.43. The van der Waals surface area contributed by atoms with Crippen molar-refractivity contribution in [2.24, 2.45) is 0 Å². The Bertz CT molecular complexity index is 1560. The van der Waals surface area contributed by atoms with Gasteiger partial charge in [-0.25, -0.2) is 18.4 Å². The van der Waals surface area contributed by atoms with Crippen LogP contribution >= 0.6 is 12.2 Å². The lowest BCUT2D eigenvalue weighted by Gasteiger charge is -2.37. The molecule has 192 valence electrons. The van der Waals surface area contributed by atoms with Crippen LogP contribution in [-0.4, -0.2) is 76.5 Å². The van der Waals surface area contributed by atoms with Crippen LogP contribution in [0.25, 0.3) is 21.9 Å². The van der Waals surface area contributed by atoms with Crippen molar-refractivity contribution in [3.8, 4) is 0 Å². The van der Waals surface area contributed by atoms with Crippen LogP contribution in [0.4, 0.5) is 11.5 Å². The number of nitrogens with zero attached hydrogens (tertiary/aromatic N) is 5. The molecule has 0 spiro atoms. The van der Waals surface area contributed by atoms with E-state index in [-0.39, 0.29) is 6.04 Å². The van der Waals surface area contributed by atoms with Gasteiger partial charge in [0.05, 0.1) is 10.3 Å². The highest BCUT2D eigenvalue weighted by Gasteiger charge is 2.32. The minimum Gasteiger partial charge on any atom is -0.352 e. The number of anilines is 2. The number of sulfonamides is 1. The fraction of sp³-hybridized carbons (Fsp3) is 0.346. The van der Waals surface area contributed by atoms with Crippen molar-refractivity contribution in [2.75, 3.05) is 42.9 Å². The summed E-state index contributed by atoms with van der Waals surface area (Å²) >= 11 is 5.69. The SMILES string of the molecule is CC1CCCN1S(=O)(=O)c1ccc(NC(=S)N2CCN(c3ncnc4[nH]c5ccccc5c34)CC2)cc1. The molecule has 4 heterocycles. The molecule has 2 aliphatic rings. The van der Waals surface area contributed by atoms with E-state index in [0.717, 1.165) is 72.5 Å². The van der Waals surface area contributed by atoms with Gasteiger partial charge in [-0.05, 0) is 62.3 Å². The van der Waals surface area contributed by atoms with Gasteiger partial charge in [0, 0.05) is 55.4 Å². The second kappa shape index (κ2) is 9.55. The average Bonchev–Trinajstić information content (AvgIpc) is 3.53. The fourth-order valence-electron chi connectivity index (χ4n) is 5.33. The molecule has 6 rings (SSSR count). The highest BCUT2D eigenvalue weighted by Crippen LogP contribution is 2.31. The second-order valence-corrected chi connectivity index (χ2v) is 11.9. The molecule has 11 heteroatoms. The quantitative estimate of drug-likeness (QED) is 0.381. The lowest BCUT2D eigenvalue weighted by molar-refractivity contribution is 0.390. The number of benzene rings is 2. The second-order valence-electron chi connectivity index (χ2n) is 9.63. The van der Waals surface area contributed by atoms with E-state index >= 15 is 0 Å². The van der Waals surface area contributed by atoms with Crippen LogP contribution in [0.2, 0.25) is 0 Å². The molecule has 4 aromatic rings. The first-order valence-corrected chi connectivity index (χ1v) is 14.4. The topological polar surface area (TPSA) is 97.5 Å². The number of hydrogen-bond donors (Lipinski definition) is 2. The molecule has 0 radical (unpaired) electrons. The Balaban J connectivity index is 1.11. The van der Waals surface area contributed by atoms with Crippen LogP contribution in [0.3, 0.4) is 0 Å². The molecule has 2 aliphatic heterocycles. The van der Waals surface area contributed by atoms with Gasteiger partial charge < -0.3 is 20.1 Å². The zero-order chi connectivity index (χ0) is 25.6. The molecule has 2 aromatic heterocycles. The number of aromatic amines is 1. The zero-order valence-corrected chi connectivity index (χ0v) is 22.2. The molecule has 2 aromatic carbocycles. The van der Waals surface area contributed by atoms with Gasteiger partial charge in [0.15, 0.2) is 5.11 Å². The Morgan fingerprint density at radius 3 is 2.51 bits per heavy atom. The van der Waals surface area contributed by atoms with Crippen molar-refractivity contribution in [1.82, 2.24) is 24.2 Å². The molecule has 9 nitrogen and oxygen atoms in total. The van der Waals surface area contributed by atoms with E-state index in [2.05, 4.69) is 42.2 Å². The molecule has 2 fully saturated rings. The standard InChI is InChI=1S/C26H29N7O2S2/c1-18-5-4-12-33(18)37(34,35)20-10-8-19(9-11-20)29-26(36)32-15-13-31(14-16-32)25-23-21-6-2-3-7-22(21)30-24(23)27-17-28-25/h2-3,6-11,17-18H,4-5,12-16H2,1H3,(H,29,36)(H,27,28,30). The van der Waals surface area contributed by atoms with Gasteiger partial charge in [-0.1, -0.05) is 18.2 Å². The molecule has 37 heavy (non-hydrogen) atoms. The lowest BCUT2D eigenvalue weighted by atomic mass is 10.2. The molecule has 2 N–H and O–H groups in total. The van der Waals surface area contributed by atoms with Crippen molar-refractivity contribution in [3.63, 3.8) is 0 Å². The largest absolute Gasteiger partial charge is 0.352 e. The maximum atomic E-state index is 13.0. The van der Waals surface area contributed by atoms with E-state index in [0.29, 0.717) is 16.6 Å². The summed E-state index contributed by atoms with van der Waals surface area (Å²) in [4.78, 5) is 17.2. The molecule has 1 atom stereocenters. The van der Waals surface area contributed by atoms with Gasteiger partial charge in [-0.2, -0.15) is 4.31 Å². The van der Waals surface area contributed by atoms with Crippen LogP contribution in [0.15, 0.2) is 59.8 Å². The predicted molar refractivity (Wildman–Crippen MR) is 150 cm³/mol. The number of thiocarbonyl (C=S) groups is 1. The fourth-order valence-corrected chi connectivity index (χ4v) is 7.33. The highest BCUT2D eigenvalue weighted by atomic mass is 32.2. The maximum absolute atomic E-state index is 13.0. The maximum Gasteiger partial charge on any atom is 0.243 e. The summed E-state index contributed by atoms with van der Waals surface area (Å²) in [7, 11) is -3.47. The first-order valence-electron chi connectivity index (χ1n) is 12.6. The number of rotatable bonds is 4. The lowest BCUT2D eigenvalue weighted by Crippen LogP contribution is -2.50. The predicted octanol–water partition coefficient (Wildman–Crippen LogP) is 3.80. The van der Waals surface area contributed by atoms with Crippen LogP contribution in [0.5, 0.6) is 0 Å². The van der Waals surface area contributed by atoms with Crippen LogP contribution < -0.4 is 10.2 Å². The number of para-hydroxylation sites is 1. The third-order valence-corrected chi connectivity index (χ3v) is 9.74. The van der Waals surface area contributed by atoms with Gasteiger partial charge >= 0.3 is 0 Å². The van der Waals surface area contributed by atoms with Gasteiger partial charge in [-0.3, -0.25) is 0 Å². The summed E-state index contributed by atoms with van der Waals surface area (Å²) in [6, 6.07) is 15.1. The van der Waals surface area contributed by atoms with E-state index in [4.69, 9.17) is 12.2 Å². The first kappa shape index (κ1) is 24.1. The smallest absolute Gasteiger partial charge is 0.243 e. The third kappa shape index (κ3) is 4.41. The van der Waals surface area contributed by atoms with Gasteiger partial charge in [0.25, 0.3) is 0 Å². The molecular weight excluding hydrogens is 506 g/mol. The van der Waals surface area contributed by atoms with Crippen LogP contribution in [0, 0.1) is 0 Å². The van der Waals surface area contributed by atoms with Gasteiger partial charge in [-0.15, -0.1) is 0 Å². The Kier molecular flexibility index (Phi) is 6.21. The normalized spacial score (nSPS) is 19.1. The molecule has 0 bridgehead atoms. The Morgan fingerprint density at radius 1 is 1.03 bits per heavy atom. The van der Waals surface area contributed by atoms with E-state index in [1.807, 2.05) is 19.1 Å². The summed E-state index contributed by atoms with van der Waals surface area (Å²) in [5.41, 5.74) is 2.67. The molecule has 0 aliphatic carbocycles. The van der Waals surface area contributed by atoms with Crippen molar-refractivity contribution in [3.05, 3.63) is 54.9 Å². The number of piperazine rings is 1. The van der Waals surface area contributed by atoms with Gasteiger partial charge in [0.1, 0.15) is 17.8 Å². The Labute approximate surface area is 221 Å². The molecule has 0 amide bonds. The first-order chi connectivity index (χ1) is 17.9. The number of H-pyrrole nitrogens is 1. The van der Waals surface area contributed by atoms with Crippen molar-refractivity contribution >= 4 is 60.8 Å². The van der Waals surface area contributed by atoms with Crippen LogP contribution in [-0.2, 0) is 10.0 Å². The number of nitrogens with one attached hydrogen (secondary N) is 2. The van der Waals surface area contributed by atoms with Gasteiger partial charge in [0.2, 0.25) is 10.0 Å². The summed E-state index contributed by atoms with van der Waals surface area (Å²) in [5, 5.41) is 6.07. The summed E-state index contributed by atoms with van der Waals surface area (Å²) in [6.45, 7) is 5.60. The molecular formula is C26H29N7O2S2. The van der Waals surface area contributed by atoms with E-state index in [1.165, 1.54) is 0 Å². The summed E-state index contributed by atoms with van der Waals surface area (Å²) < 4.78 is 27.5. The molecule has 2 saturated heterocycles. The van der Waals surface area contributed by atoms with Crippen molar-refractivity contribution in [1.29, 1.82) is 0 Å². The monoisotopic (exact) mass is 535 g/mol. The highest BCUT2D eigenvalue weighted by molar-refractivity contribution is 7.89. The minimum absolute atomic E-state index is 0.0449. The number of hydrogen-bond acceptors (Lipinski definition) is 6. The Hall–Kier alpha value is -3.28. The molecule has 0 saturated carbocycles. The van der Waals surface area contributed by atoms with Crippen molar-refractivity contribution < 1.29 is 8.42 Å². The summed E-state index contributed by atoms with van der Waals surface area (Å²) in [5.74, 6) is 0.935. The minimum atomic E-state index is -3.47. The third-order valence-electron chi connectivity index (χ3n) is 7.35. The Morgan fingerprint density at radius 2 is 1.78 bits per heavy atom. The zero-order valence-electron chi connectivity index (χ0n) is 20.6. The van der Waals surface area contributed by atoms with E-state index < -0.39 is 10.0 Å². The van der Waals surface area contributed by atoms with E-state index in [1.54, 1.807) is 34.9 Å². The molecule has 1 unspecified atom stereocenters. The number of aromatic nitrogens is 3. The number of fused-ring (bicyclic) bond motifs is 3. The average molecular weight is 536 g/mol. The van der Waals surface area contributed by atoms with E-state index in [9.17, 15) is 8.42 Å². The van der Waals surface area contributed by atoms with Crippen LogP contribution in [0.1, 0.15) is 19.8 Å². The van der Waals surface area contributed by atoms with Crippen molar-refractivity contribution in [2.45, 2.75) is 30.7 Å².